The summed E-state index contributed by atoms with van der Waals surface area (Å²) in [5.74, 6) is 0.203. The topological polar surface area (TPSA) is 55.0 Å². The number of rotatable bonds is 11. The maximum Gasteiger partial charge on any atom is 0.292 e. The van der Waals surface area contributed by atoms with Gasteiger partial charge in [0, 0.05) is 12.7 Å². The van der Waals surface area contributed by atoms with E-state index in [1.165, 1.54) is 32.1 Å². The third kappa shape index (κ3) is 6.80. The number of pyridine rings is 1. The number of hydrogen-bond donors (Lipinski definition) is 0. The van der Waals surface area contributed by atoms with Crippen molar-refractivity contribution in [1.29, 1.82) is 5.26 Å². The Bertz CT molecular complexity index is 517. The Labute approximate surface area is 133 Å². The van der Waals surface area contributed by atoms with Crippen molar-refractivity contribution in [2.24, 2.45) is 5.92 Å². The third-order valence-corrected chi connectivity index (χ3v) is 3.68. The maximum atomic E-state index is 12.2. The van der Waals surface area contributed by atoms with Crippen LogP contribution >= 0.6 is 0 Å². The highest BCUT2D eigenvalue weighted by atomic mass is 16.5. The quantitative estimate of drug-likeness (QED) is 0.577. The highest BCUT2D eigenvalue weighted by molar-refractivity contribution is 5.17. The Morgan fingerprint density at radius 3 is 2.59 bits per heavy atom. The summed E-state index contributed by atoms with van der Waals surface area (Å²) >= 11 is 0. The van der Waals surface area contributed by atoms with Crippen LogP contribution in [0, 0.1) is 17.2 Å². The van der Waals surface area contributed by atoms with Crippen molar-refractivity contribution in [3.05, 3.63) is 28.7 Å². The summed E-state index contributed by atoms with van der Waals surface area (Å²) < 4.78 is 7.15. The molecule has 0 spiro atoms. The molecule has 0 saturated carbocycles. The van der Waals surface area contributed by atoms with Crippen molar-refractivity contribution in [2.45, 2.75) is 65.3 Å². The minimum atomic E-state index is -0.184. The van der Waals surface area contributed by atoms with Gasteiger partial charge < -0.3 is 9.30 Å². The van der Waals surface area contributed by atoms with Gasteiger partial charge in [-0.15, -0.1) is 0 Å². The van der Waals surface area contributed by atoms with E-state index >= 15 is 0 Å². The van der Waals surface area contributed by atoms with E-state index in [9.17, 15) is 4.79 Å². The van der Waals surface area contributed by atoms with Gasteiger partial charge in [-0.05, 0) is 25.5 Å². The molecule has 22 heavy (non-hydrogen) atoms. The first-order valence-corrected chi connectivity index (χ1v) is 8.41. The second-order valence-corrected chi connectivity index (χ2v) is 5.83. The first-order chi connectivity index (χ1) is 10.7. The Hall–Kier alpha value is -1.76. The molecule has 1 atom stereocenters. The minimum Gasteiger partial charge on any atom is -0.488 e. The van der Waals surface area contributed by atoms with Crippen molar-refractivity contribution in [3.8, 4) is 11.8 Å². The molecular weight excluding hydrogens is 276 g/mol. The molecule has 1 unspecified atom stereocenters. The standard InChI is InChI=1S/C18H28N2O2/c1-3-4-5-6-7-8-9-13-22-17-11-10-12-20(18(17)21)15-16(2)14-19/h10-12,16H,3-9,13,15H2,1-2H3. The van der Waals surface area contributed by atoms with Gasteiger partial charge in [0.05, 0.1) is 18.6 Å². The lowest BCUT2D eigenvalue weighted by Gasteiger charge is -2.10. The number of nitriles is 1. The van der Waals surface area contributed by atoms with Crippen molar-refractivity contribution in [2.75, 3.05) is 6.61 Å². The molecule has 1 heterocycles. The predicted octanol–water partition coefficient (Wildman–Crippen LogP) is 4.14. The summed E-state index contributed by atoms with van der Waals surface area (Å²) in [6.07, 6.45) is 10.3. The molecule has 0 bridgehead atoms. The van der Waals surface area contributed by atoms with E-state index in [0.29, 0.717) is 18.9 Å². The van der Waals surface area contributed by atoms with Crippen molar-refractivity contribution >= 4 is 0 Å². The SMILES string of the molecule is CCCCCCCCCOc1cccn(CC(C)C#N)c1=O. The summed E-state index contributed by atoms with van der Waals surface area (Å²) in [4.78, 5) is 12.2. The molecule has 4 heteroatoms. The summed E-state index contributed by atoms with van der Waals surface area (Å²) in [6.45, 7) is 5.02. The predicted molar refractivity (Wildman–Crippen MR) is 89.0 cm³/mol. The van der Waals surface area contributed by atoms with Crippen LogP contribution in [0.25, 0.3) is 0 Å². The summed E-state index contributed by atoms with van der Waals surface area (Å²) in [5, 5.41) is 8.84. The zero-order chi connectivity index (χ0) is 16.2. The first kappa shape index (κ1) is 18.3. The molecule has 4 nitrogen and oxygen atoms in total. The van der Waals surface area contributed by atoms with Crippen LogP contribution in [0.2, 0.25) is 0 Å². The second-order valence-electron chi connectivity index (χ2n) is 5.83. The summed E-state index contributed by atoms with van der Waals surface area (Å²) in [7, 11) is 0. The summed E-state index contributed by atoms with van der Waals surface area (Å²) in [6, 6.07) is 5.64. The van der Waals surface area contributed by atoms with E-state index in [4.69, 9.17) is 10.00 Å². The lowest BCUT2D eigenvalue weighted by Crippen LogP contribution is -2.23. The van der Waals surface area contributed by atoms with Crippen molar-refractivity contribution in [3.63, 3.8) is 0 Å². The van der Waals surface area contributed by atoms with Gasteiger partial charge >= 0.3 is 0 Å². The molecule has 1 aromatic rings. The monoisotopic (exact) mass is 304 g/mol. The molecule has 0 N–H and O–H groups in total. The number of unbranched alkanes of at least 4 members (excludes halogenated alkanes) is 6. The van der Waals surface area contributed by atoms with Crippen LogP contribution in [0.15, 0.2) is 23.1 Å². The Kier molecular flexibility index (Phi) is 9.06. The van der Waals surface area contributed by atoms with E-state index in [0.717, 1.165) is 12.8 Å². The number of ether oxygens (including phenoxy) is 1. The number of hydrogen-bond acceptors (Lipinski definition) is 3. The fourth-order valence-corrected chi connectivity index (χ4v) is 2.35. The average molecular weight is 304 g/mol. The van der Waals surface area contributed by atoms with Gasteiger partial charge in [0.15, 0.2) is 5.75 Å². The first-order valence-electron chi connectivity index (χ1n) is 8.41. The lowest BCUT2D eigenvalue weighted by atomic mass is 10.1. The lowest BCUT2D eigenvalue weighted by molar-refractivity contribution is 0.297. The van der Waals surface area contributed by atoms with Crippen LogP contribution in [0.1, 0.15) is 58.8 Å². The van der Waals surface area contributed by atoms with E-state index < -0.39 is 0 Å². The normalized spacial score (nSPS) is 11.9. The van der Waals surface area contributed by atoms with Crippen LogP contribution in [-0.4, -0.2) is 11.2 Å². The van der Waals surface area contributed by atoms with Gasteiger partial charge in [0.2, 0.25) is 0 Å². The third-order valence-electron chi connectivity index (χ3n) is 3.68. The zero-order valence-electron chi connectivity index (χ0n) is 13.9. The second kappa shape index (κ2) is 10.9. The maximum absolute atomic E-state index is 12.2. The van der Waals surface area contributed by atoms with Crippen LogP contribution in [0.4, 0.5) is 0 Å². The molecule has 1 rings (SSSR count). The molecule has 0 fully saturated rings. The molecule has 0 aliphatic heterocycles. The molecule has 122 valence electrons. The van der Waals surface area contributed by atoms with Gasteiger partial charge in [0.1, 0.15) is 0 Å². The molecule has 0 aliphatic carbocycles. The van der Waals surface area contributed by atoms with Crippen LogP contribution in [-0.2, 0) is 6.54 Å². The number of nitrogens with zero attached hydrogens (tertiary/aromatic N) is 2. The van der Waals surface area contributed by atoms with Gasteiger partial charge in [0.25, 0.3) is 5.56 Å². The van der Waals surface area contributed by atoms with Crippen LogP contribution < -0.4 is 10.3 Å². The van der Waals surface area contributed by atoms with E-state index in [2.05, 4.69) is 13.0 Å². The highest BCUT2D eigenvalue weighted by Crippen LogP contribution is 2.09. The molecule has 0 aromatic carbocycles. The molecule has 0 radical (unpaired) electrons. The van der Waals surface area contributed by atoms with Crippen molar-refractivity contribution < 1.29 is 4.74 Å². The Morgan fingerprint density at radius 2 is 1.91 bits per heavy atom. The molecule has 0 amide bonds. The Balaban J connectivity index is 2.33. The minimum absolute atomic E-state index is 0.146. The molecule has 0 aliphatic rings. The van der Waals surface area contributed by atoms with Gasteiger partial charge in [-0.3, -0.25) is 4.79 Å². The largest absolute Gasteiger partial charge is 0.488 e. The Morgan fingerprint density at radius 1 is 1.23 bits per heavy atom. The summed E-state index contributed by atoms with van der Waals surface area (Å²) in [5.41, 5.74) is -0.146. The average Bonchev–Trinajstić information content (AvgIpc) is 2.53. The molecule has 1 aromatic heterocycles. The van der Waals surface area contributed by atoms with E-state index in [1.807, 2.05) is 0 Å². The molecular formula is C18H28N2O2. The zero-order valence-corrected chi connectivity index (χ0v) is 13.9. The van der Waals surface area contributed by atoms with E-state index in [-0.39, 0.29) is 11.5 Å². The van der Waals surface area contributed by atoms with Gasteiger partial charge in [-0.25, -0.2) is 0 Å². The fourth-order valence-electron chi connectivity index (χ4n) is 2.35. The van der Waals surface area contributed by atoms with Crippen LogP contribution in [0.5, 0.6) is 5.75 Å². The number of aromatic nitrogens is 1. The smallest absolute Gasteiger partial charge is 0.292 e. The van der Waals surface area contributed by atoms with Gasteiger partial charge in [-0.1, -0.05) is 45.4 Å². The van der Waals surface area contributed by atoms with Crippen LogP contribution in [0.3, 0.4) is 0 Å². The molecule has 0 saturated heterocycles. The fraction of sp³-hybridized carbons (Fsp3) is 0.667. The van der Waals surface area contributed by atoms with Gasteiger partial charge in [-0.2, -0.15) is 5.26 Å². The highest BCUT2D eigenvalue weighted by Gasteiger charge is 2.07. The van der Waals surface area contributed by atoms with Crippen molar-refractivity contribution in [1.82, 2.24) is 4.57 Å². The van der Waals surface area contributed by atoms with E-state index in [1.54, 1.807) is 29.8 Å².